The van der Waals surface area contributed by atoms with Crippen LogP contribution in [0.2, 0.25) is 0 Å². The molecule has 88 valence electrons. The average molecular weight is 225 g/mol. The summed E-state index contributed by atoms with van der Waals surface area (Å²) in [6.45, 7) is 1.52. The first-order valence-corrected chi connectivity index (χ1v) is 5.08. The van der Waals surface area contributed by atoms with Gasteiger partial charge in [0, 0.05) is 12.5 Å². The molecule has 1 rings (SSSR count). The van der Waals surface area contributed by atoms with Gasteiger partial charge >= 0.3 is 0 Å². The zero-order valence-corrected chi connectivity index (χ0v) is 9.71. The van der Waals surface area contributed by atoms with Gasteiger partial charge in [0.15, 0.2) is 11.6 Å². The second-order valence-corrected chi connectivity index (χ2v) is 3.64. The largest absolute Gasteiger partial charge is 0.494 e. The number of carbonyl (C=O) groups is 1. The van der Waals surface area contributed by atoms with Crippen LogP contribution in [0, 0.1) is 5.82 Å². The summed E-state index contributed by atoms with van der Waals surface area (Å²) >= 11 is 0. The van der Waals surface area contributed by atoms with E-state index in [1.807, 2.05) is 0 Å². The molecule has 0 saturated carbocycles. The van der Waals surface area contributed by atoms with Crippen LogP contribution < -0.4 is 10.1 Å². The highest BCUT2D eigenvalue weighted by atomic mass is 19.1. The van der Waals surface area contributed by atoms with Crippen LogP contribution in [-0.2, 0) is 4.79 Å². The summed E-state index contributed by atoms with van der Waals surface area (Å²) in [7, 11) is 3.17. The number of benzene rings is 1. The molecule has 16 heavy (non-hydrogen) atoms. The Hall–Kier alpha value is -1.42. The van der Waals surface area contributed by atoms with Crippen LogP contribution in [0.1, 0.15) is 24.9 Å². The van der Waals surface area contributed by atoms with Crippen molar-refractivity contribution in [3.05, 3.63) is 29.6 Å². The van der Waals surface area contributed by atoms with Crippen LogP contribution in [0.25, 0.3) is 0 Å². The number of nitrogens with one attached hydrogen (secondary N) is 1. The topological polar surface area (TPSA) is 38.3 Å². The van der Waals surface area contributed by atoms with E-state index in [0.717, 1.165) is 5.56 Å². The molecule has 0 aliphatic heterocycles. The molecular formula is C12H16FNO2. The van der Waals surface area contributed by atoms with Gasteiger partial charge in [-0.05, 0) is 31.7 Å². The van der Waals surface area contributed by atoms with Crippen molar-refractivity contribution in [2.45, 2.75) is 19.4 Å². The summed E-state index contributed by atoms with van der Waals surface area (Å²) in [5.41, 5.74) is 0.746. The number of methoxy groups -OCH3 is 1. The van der Waals surface area contributed by atoms with E-state index in [0.29, 0.717) is 6.42 Å². The molecule has 1 aromatic rings. The van der Waals surface area contributed by atoms with Crippen LogP contribution >= 0.6 is 0 Å². The van der Waals surface area contributed by atoms with Crippen molar-refractivity contribution in [2.75, 3.05) is 14.2 Å². The van der Waals surface area contributed by atoms with E-state index in [2.05, 4.69) is 5.32 Å². The van der Waals surface area contributed by atoms with Gasteiger partial charge in [-0.3, -0.25) is 4.79 Å². The summed E-state index contributed by atoms with van der Waals surface area (Å²) in [6.07, 6.45) is 0.349. The Labute approximate surface area is 94.6 Å². The molecule has 0 fully saturated rings. The van der Waals surface area contributed by atoms with Gasteiger partial charge in [0.25, 0.3) is 0 Å². The van der Waals surface area contributed by atoms with Crippen LogP contribution in [0.5, 0.6) is 5.75 Å². The second kappa shape index (κ2) is 5.61. The maximum Gasteiger partial charge on any atom is 0.165 e. The average Bonchev–Trinajstić information content (AvgIpc) is 2.25. The van der Waals surface area contributed by atoms with Gasteiger partial charge in [-0.2, -0.15) is 0 Å². The molecule has 4 heteroatoms. The molecule has 3 nitrogen and oxygen atoms in total. The van der Waals surface area contributed by atoms with Gasteiger partial charge in [0.05, 0.1) is 7.11 Å². The van der Waals surface area contributed by atoms with Gasteiger partial charge in [0.2, 0.25) is 0 Å². The Kier molecular flexibility index (Phi) is 4.43. The Bertz CT molecular complexity index is 379. The maximum absolute atomic E-state index is 13.4. The lowest BCUT2D eigenvalue weighted by Gasteiger charge is -2.15. The van der Waals surface area contributed by atoms with Gasteiger partial charge in [0.1, 0.15) is 5.78 Å². The smallest absolute Gasteiger partial charge is 0.165 e. The minimum Gasteiger partial charge on any atom is -0.494 e. The van der Waals surface area contributed by atoms with Crippen molar-refractivity contribution in [3.8, 4) is 5.75 Å². The van der Waals surface area contributed by atoms with Crippen LogP contribution in [0.3, 0.4) is 0 Å². The summed E-state index contributed by atoms with van der Waals surface area (Å²) in [5.74, 6) is -0.138. The number of hydrogen-bond donors (Lipinski definition) is 1. The van der Waals surface area contributed by atoms with E-state index in [9.17, 15) is 9.18 Å². The quantitative estimate of drug-likeness (QED) is 0.833. The molecule has 1 atom stereocenters. The number of hydrogen-bond acceptors (Lipinski definition) is 3. The van der Waals surface area contributed by atoms with Gasteiger partial charge in [-0.15, -0.1) is 0 Å². The molecule has 0 aliphatic rings. The minimum absolute atomic E-state index is 0.0653. The first-order valence-electron chi connectivity index (χ1n) is 5.08. The molecule has 0 aliphatic carbocycles. The van der Waals surface area contributed by atoms with E-state index >= 15 is 0 Å². The summed E-state index contributed by atoms with van der Waals surface area (Å²) in [5, 5.41) is 2.99. The summed E-state index contributed by atoms with van der Waals surface area (Å²) in [6, 6.07) is 4.56. The monoisotopic (exact) mass is 225 g/mol. The normalized spacial score (nSPS) is 12.2. The van der Waals surface area contributed by atoms with E-state index in [-0.39, 0.29) is 17.6 Å². The molecular weight excluding hydrogens is 209 g/mol. The lowest BCUT2D eigenvalue weighted by Crippen LogP contribution is -2.19. The number of rotatable bonds is 5. The van der Waals surface area contributed by atoms with E-state index in [4.69, 9.17) is 4.74 Å². The number of Topliss-reactive ketones (excluding diaryl/α,β-unsaturated/α-hetero) is 1. The molecule has 0 heterocycles. The third-order valence-corrected chi connectivity index (χ3v) is 2.42. The molecule has 1 N–H and O–H groups in total. The molecule has 1 unspecified atom stereocenters. The van der Waals surface area contributed by atoms with Crippen molar-refractivity contribution >= 4 is 5.78 Å². The molecule has 1 aromatic carbocycles. The Morgan fingerprint density at radius 2 is 2.25 bits per heavy atom. The molecule has 0 aromatic heterocycles. The Balaban J connectivity index is 2.93. The zero-order chi connectivity index (χ0) is 12.1. The number of ketones is 1. The second-order valence-electron chi connectivity index (χ2n) is 3.64. The first-order chi connectivity index (χ1) is 7.58. The standard InChI is InChI=1S/C12H16FNO2/c1-8(15)6-11(14-2)9-4-5-12(16-3)10(13)7-9/h4-5,7,11,14H,6H2,1-3H3. The van der Waals surface area contributed by atoms with Crippen LogP contribution in [0.15, 0.2) is 18.2 Å². The van der Waals surface area contributed by atoms with Crippen LogP contribution in [-0.4, -0.2) is 19.9 Å². The minimum atomic E-state index is -0.413. The molecule has 0 radical (unpaired) electrons. The van der Waals surface area contributed by atoms with Gasteiger partial charge in [-0.25, -0.2) is 4.39 Å². The third kappa shape index (κ3) is 3.03. The predicted molar refractivity (Wildman–Crippen MR) is 60.1 cm³/mol. The van der Waals surface area contributed by atoms with Crippen molar-refractivity contribution in [1.29, 1.82) is 0 Å². The van der Waals surface area contributed by atoms with E-state index in [1.165, 1.54) is 20.1 Å². The fourth-order valence-corrected chi connectivity index (χ4v) is 1.57. The van der Waals surface area contributed by atoms with Crippen molar-refractivity contribution in [2.24, 2.45) is 0 Å². The lowest BCUT2D eigenvalue weighted by atomic mass is 10.0. The van der Waals surface area contributed by atoms with Crippen molar-refractivity contribution in [1.82, 2.24) is 5.32 Å². The maximum atomic E-state index is 13.4. The van der Waals surface area contributed by atoms with Crippen LogP contribution in [0.4, 0.5) is 4.39 Å². The highest BCUT2D eigenvalue weighted by Gasteiger charge is 2.13. The predicted octanol–water partition coefficient (Wildman–Crippen LogP) is 2.07. The molecule has 0 amide bonds. The zero-order valence-electron chi connectivity index (χ0n) is 9.71. The van der Waals surface area contributed by atoms with Gasteiger partial charge < -0.3 is 10.1 Å². The fraction of sp³-hybridized carbons (Fsp3) is 0.417. The highest BCUT2D eigenvalue weighted by molar-refractivity contribution is 5.76. The Morgan fingerprint density at radius 3 is 2.69 bits per heavy atom. The number of ether oxygens (including phenoxy) is 1. The first kappa shape index (κ1) is 12.6. The molecule has 0 spiro atoms. The van der Waals surface area contributed by atoms with Crippen molar-refractivity contribution < 1.29 is 13.9 Å². The van der Waals surface area contributed by atoms with E-state index < -0.39 is 5.82 Å². The highest BCUT2D eigenvalue weighted by Crippen LogP contribution is 2.23. The lowest BCUT2D eigenvalue weighted by molar-refractivity contribution is -0.117. The fourth-order valence-electron chi connectivity index (χ4n) is 1.57. The summed E-state index contributed by atoms with van der Waals surface area (Å²) in [4.78, 5) is 11.0. The Morgan fingerprint density at radius 1 is 1.56 bits per heavy atom. The SMILES string of the molecule is CNC(CC(C)=O)c1ccc(OC)c(F)c1. The molecule has 0 bridgehead atoms. The van der Waals surface area contributed by atoms with E-state index in [1.54, 1.807) is 19.2 Å². The summed E-state index contributed by atoms with van der Waals surface area (Å²) < 4.78 is 18.3. The molecule has 0 saturated heterocycles. The van der Waals surface area contributed by atoms with Crippen molar-refractivity contribution in [3.63, 3.8) is 0 Å². The third-order valence-electron chi connectivity index (χ3n) is 2.42. The number of halogens is 1. The van der Waals surface area contributed by atoms with Gasteiger partial charge in [-0.1, -0.05) is 6.07 Å². The number of carbonyl (C=O) groups excluding carboxylic acids is 1.